The van der Waals surface area contributed by atoms with E-state index in [-0.39, 0.29) is 17.9 Å². The molecule has 0 aromatic carbocycles. The number of halogens is 1. The standard InChI is InChI=1S/C11H17BrO4/c1-11(2,12)10(14)16-7-8-3-4-9(13)15-6-5-8/h8H,3-7H2,1-2H3. The lowest BCUT2D eigenvalue weighted by Gasteiger charge is -2.18. The van der Waals surface area contributed by atoms with Crippen molar-refractivity contribution < 1.29 is 19.1 Å². The van der Waals surface area contributed by atoms with E-state index in [0.717, 1.165) is 12.8 Å². The van der Waals surface area contributed by atoms with Crippen molar-refractivity contribution in [2.75, 3.05) is 13.2 Å². The van der Waals surface area contributed by atoms with E-state index >= 15 is 0 Å². The van der Waals surface area contributed by atoms with Crippen molar-refractivity contribution >= 4 is 27.9 Å². The van der Waals surface area contributed by atoms with E-state index in [1.54, 1.807) is 13.8 Å². The Morgan fingerprint density at radius 1 is 1.56 bits per heavy atom. The van der Waals surface area contributed by atoms with Crippen LogP contribution < -0.4 is 0 Å². The number of hydrogen-bond donors (Lipinski definition) is 0. The largest absolute Gasteiger partial charge is 0.466 e. The van der Waals surface area contributed by atoms with Crippen molar-refractivity contribution in [1.29, 1.82) is 0 Å². The Morgan fingerprint density at radius 2 is 2.25 bits per heavy atom. The van der Waals surface area contributed by atoms with Crippen LogP contribution in [0.4, 0.5) is 0 Å². The molecule has 0 aromatic heterocycles. The fourth-order valence-electron chi connectivity index (χ4n) is 1.41. The van der Waals surface area contributed by atoms with Crippen LogP contribution in [0.25, 0.3) is 0 Å². The molecule has 0 bridgehead atoms. The van der Waals surface area contributed by atoms with Crippen molar-refractivity contribution in [2.24, 2.45) is 5.92 Å². The Balaban J connectivity index is 2.32. The molecule has 0 radical (unpaired) electrons. The first kappa shape index (κ1) is 13.5. The summed E-state index contributed by atoms with van der Waals surface area (Å²) >= 11 is 3.24. The SMILES string of the molecule is CC(C)(Br)C(=O)OCC1CCOC(=O)CC1. The summed E-state index contributed by atoms with van der Waals surface area (Å²) in [5.41, 5.74) is 0. The van der Waals surface area contributed by atoms with Crippen LogP contribution in [0.2, 0.25) is 0 Å². The van der Waals surface area contributed by atoms with Crippen LogP contribution in [-0.2, 0) is 19.1 Å². The summed E-state index contributed by atoms with van der Waals surface area (Å²) in [6, 6.07) is 0. The van der Waals surface area contributed by atoms with Gasteiger partial charge in [-0.05, 0) is 32.6 Å². The van der Waals surface area contributed by atoms with Crippen molar-refractivity contribution in [3.05, 3.63) is 0 Å². The zero-order valence-corrected chi connectivity index (χ0v) is 11.2. The molecule has 1 unspecified atom stereocenters. The monoisotopic (exact) mass is 292 g/mol. The Kier molecular flexibility index (Phi) is 4.77. The average molecular weight is 293 g/mol. The molecule has 5 heteroatoms. The highest BCUT2D eigenvalue weighted by Gasteiger charge is 2.27. The normalized spacial score (nSPS) is 22.2. The van der Waals surface area contributed by atoms with Gasteiger partial charge < -0.3 is 9.47 Å². The summed E-state index contributed by atoms with van der Waals surface area (Å²) in [5.74, 6) is -0.205. The van der Waals surface area contributed by atoms with Gasteiger partial charge >= 0.3 is 11.9 Å². The number of carbonyl (C=O) groups excluding carboxylic acids is 2. The lowest BCUT2D eigenvalue weighted by molar-refractivity contribution is -0.147. The summed E-state index contributed by atoms with van der Waals surface area (Å²) in [6.45, 7) is 4.29. The number of hydrogen-bond acceptors (Lipinski definition) is 4. The molecule has 0 spiro atoms. The van der Waals surface area contributed by atoms with E-state index in [1.807, 2.05) is 0 Å². The van der Waals surface area contributed by atoms with Crippen LogP contribution in [0.1, 0.15) is 33.1 Å². The van der Waals surface area contributed by atoms with Crippen LogP contribution in [0.5, 0.6) is 0 Å². The Morgan fingerprint density at radius 3 is 2.88 bits per heavy atom. The molecule has 92 valence electrons. The second-order valence-corrected chi connectivity index (χ2v) is 6.47. The van der Waals surface area contributed by atoms with Crippen molar-refractivity contribution in [2.45, 2.75) is 37.4 Å². The number of cyclic esters (lactones) is 1. The van der Waals surface area contributed by atoms with Gasteiger partial charge in [0.2, 0.25) is 0 Å². The molecule has 0 saturated carbocycles. The number of rotatable bonds is 3. The van der Waals surface area contributed by atoms with Gasteiger partial charge in [0.25, 0.3) is 0 Å². The molecule has 4 nitrogen and oxygen atoms in total. The maximum atomic E-state index is 11.5. The number of carbonyl (C=O) groups is 2. The fraction of sp³-hybridized carbons (Fsp3) is 0.818. The maximum absolute atomic E-state index is 11.5. The zero-order chi connectivity index (χ0) is 12.2. The highest BCUT2D eigenvalue weighted by atomic mass is 79.9. The zero-order valence-electron chi connectivity index (χ0n) is 9.62. The minimum atomic E-state index is -0.649. The molecule has 1 heterocycles. The summed E-state index contributed by atoms with van der Waals surface area (Å²) in [6.07, 6.45) is 1.91. The van der Waals surface area contributed by atoms with Gasteiger partial charge in [0.15, 0.2) is 0 Å². The average Bonchev–Trinajstić information content (AvgIpc) is 2.38. The molecule has 0 amide bonds. The fourth-order valence-corrected chi connectivity index (χ4v) is 1.52. The predicted molar refractivity (Wildman–Crippen MR) is 62.3 cm³/mol. The number of alkyl halides is 1. The van der Waals surface area contributed by atoms with E-state index in [4.69, 9.17) is 9.47 Å². The van der Waals surface area contributed by atoms with E-state index in [1.165, 1.54) is 0 Å². The molecule has 1 rings (SSSR count). The predicted octanol–water partition coefficient (Wildman–Crippen LogP) is 2.05. The van der Waals surface area contributed by atoms with E-state index in [0.29, 0.717) is 19.6 Å². The minimum Gasteiger partial charge on any atom is -0.466 e. The van der Waals surface area contributed by atoms with Crippen molar-refractivity contribution in [3.8, 4) is 0 Å². The lowest BCUT2D eigenvalue weighted by atomic mass is 10.0. The van der Waals surface area contributed by atoms with Gasteiger partial charge in [-0.15, -0.1) is 0 Å². The molecule has 0 aromatic rings. The summed E-state index contributed by atoms with van der Waals surface area (Å²) in [4.78, 5) is 22.5. The summed E-state index contributed by atoms with van der Waals surface area (Å²) in [5, 5.41) is 0. The molecule has 1 aliphatic rings. The van der Waals surface area contributed by atoms with Gasteiger partial charge in [-0.1, -0.05) is 15.9 Å². The summed E-state index contributed by atoms with van der Waals surface area (Å²) < 4.78 is 9.45. The number of esters is 2. The second kappa shape index (κ2) is 5.66. The topological polar surface area (TPSA) is 52.6 Å². The van der Waals surface area contributed by atoms with Gasteiger partial charge in [0.1, 0.15) is 4.32 Å². The van der Waals surface area contributed by atoms with Gasteiger partial charge in [-0.2, -0.15) is 0 Å². The first-order chi connectivity index (χ1) is 7.39. The highest BCUT2D eigenvalue weighted by molar-refractivity contribution is 9.10. The van der Waals surface area contributed by atoms with Crippen LogP contribution in [0, 0.1) is 5.92 Å². The first-order valence-electron chi connectivity index (χ1n) is 5.41. The Hall–Kier alpha value is -0.580. The summed E-state index contributed by atoms with van der Waals surface area (Å²) in [7, 11) is 0. The highest BCUT2D eigenvalue weighted by Crippen LogP contribution is 2.21. The van der Waals surface area contributed by atoms with Crippen molar-refractivity contribution in [3.63, 3.8) is 0 Å². The maximum Gasteiger partial charge on any atom is 0.322 e. The molecule has 1 atom stereocenters. The van der Waals surface area contributed by atoms with Gasteiger partial charge in [0, 0.05) is 6.42 Å². The smallest absolute Gasteiger partial charge is 0.322 e. The third-order valence-electron chi connectivity index (χ3n) is 2.48. The van der Waals surface area contributed by atoms with Gasteiger partial charge in [-0.3, -0.25) is 9.59 Å². The van der Waals surface area contributed by atoms with E-state index in [2.05, 4.69) is 15.9 Å². The molecule has 0 aliphatic carbocycles. The van der Waals surface area contributed by atoms with Gasteiger partial charge in [0.05, 0.1) is 13.2 Å². The van der Waals surface area contributed by atoms with Crippen LogP contribution in [0.3, 0.4) is 0 Å². The number of ether oxygens (including phenoxy) is 2. The molecule has 0 N–H and O–H groups in total. The molecular formula is C11H17BrO4. The van der Waals surface area contributed by atoms with Crippen molar-refractivity contribution in [1.82, 2.24) is 0 Å². The third kappa shape index (κ3) is 4.51. The van der Waals surface area contributed by atoms with Gasteiger partial charge in [-0.25, -0.2) is 0 Å². The lowest BCUT2D eigenvalue weighted by Crippen LogP contribution is -2.28. The van der Waals surface area contributed by atoms with E-state index in [9.17, 15) is 9.59 Å². The Labute approximate surface area is 104 Å². The molecular weight excluding hydrogens is 276 g/mol. The first-order valence-corrected chi connectivity index (χ1v) is 6.20. The molecule has 1 saturated heterocycles. The molecule has 1 aliphatic heterocycles. The Bertz CT molecular complexity index is 270. The molecule has 16 heavy (non-hydrogen) atoms. The minimum absolute atomic E-state index is 0.158. The molecule has 1 fully saturated rings. The van der Waals surface area contributed by atoms with Crippen LogP contribution in [-0.4, -0.2) is 29.5 Å². The van der Waals surface area contributed by atoms with E-state index < -0.39 is 4.32 Å². The second-order valence-electron chi connectivity index (χ2n) is 4.48. The quantitative estimate of drug-likeness (QED) is 0.590. The van der Waals surface area contributed by atoms with Crippen LogP contribution in [0.15, 0.2) is 0 Å². The van der Waals surface area contributed by atoms with Crippen LogP contribution >= 0.6 is 15.9 Å². The third-order valence-corrected chi connectivity index (χ3v) is 2.81.